The van der Waals surface area contributed by atoms with Crippen LogP contribution in [0.1, 0.15) is 24.5 Å². The first-order chi connectivity index (χ1) is 11.8. The minimum atomic E-state index is 0.505. The van der Waals surface area contributed by atoms with E-state index in [0.717, 1.165) is 19.4 Å². The third-order valence-electron chi connectivity index (χ3n) is 4.33. The Labute approximate surface area is 144 Å². The first-order valence-corrected chi connectivity index (χ1v) is 8.58. The van der Waals surface area contributed by atoms with Crippen LogP contribution in [0.4, 0.5) is 0 Å². The Morgan fingerprint density at radius 2 is 1.46 bits per heavy atom. The van der Waals surface area contributed by atoms with Crippen molar-refractivity contribution in [1.82, 2.24) is 10.3 Å². The van der Waals surface area contributed by atoms with Crippen molar-refractivity contribution in [2.45, 2.75) is 32.4 Å². The largest absolute Gasteiger partial charge is 0.310 e. The molecule has 1 N–H and O–H groups in total. The van der Waals surface area contributed by atoms with Crippen LogP contribution in [0.15, 0.2) is 79.1 Å². The van der Waals surface area contributed by atoms with Crippen LogP contribution in [0.25, 0.3) is 11.1 Å². The lowest BCUT2D eigenvalue weighted by Gasteiger charge is -2.14. The quantitative estimate of drug-likeness (QED) is 0.673. The number of hydrogen-bond acceptors (Lipinski definition) is 2. The molecule has 0 saturated heterocycles. The second-order valence-corrected chi connectivity index (χ2v) is 6.24. The molecule has 1 aromatic heterocycles. The normalized spacial score (nSPS) is 12.0. The highest BCUT2D eigenvalue weighted by Crippen LogP contribution is 2.18. The summed E-state index contributed by atoms with van der Waals surface area (Å²) in [7, 11) is 0. The molecule has 0 aliphatic carbocycles. The summed E-state index contributed by atoms with van der Waals surface area (Å²) in [5.41, 5.74) is 5.17. The van der Waals surface area contributed by atoms with E-state index in [2.05, 4.69) is 71.8 Å². The van der Waals surface area contributed by atoms with E-state index in [1.54, 1.807) is 0 Å². The SMILES string of the molecule is CC(CCc1ccccc1)NCc1ccc(-c2ccncc2)cc1. The van der Waals surface area contributed by atoms with Crippen LogP contribution in [0.3, 0.4) is 0 Å². The number of aromatic nitrogens is 1. The number of aryl methyl sites for hydroxylation is 1. The number of pyridine rings is 1. The zero-order valence-corrected chi connectivity index (χ0v) is 14.2. The van der Waals surface area contributed by atoms with Gasteiger partial charge in [0.05, 0.1) is 0 Å². The highest BCUT2D eigenvalue weighted by molar-refractivity contribution is 5.62. The number of benzene rings is 2. The number of hydrogen-bond donors (Lipinski definition) is 1. The van der Waals surface area contributed by atoms with Gasteiger partial charge in [-0.3, -0.25) is 4.98 Å². The molecular formula is C22H24N2. The molecule has 122 valence electrons. The fourth-order valence-corrected chi connectivity index (χ4v) is 2.78. The predicted molar refractivity (Wildman–Crippen MR) is 101 cm³/mol. The standard InChI is InChI=1S/C22H24N2/c1-18(7-8-19-5-3-2-4-6-19)24-17-20-9-11-21(12-10-20)22-13-15-23-16-14-22/h2-6,9-16,18,24H,7-8,17H2,1H3. The Balaban J connectivity index is 1.48. The minimum Gasteiger partial charge on any atom is -0.310 e. The maximum atomic E-state index is 4.07. The second kappa shape index (κ2) is 8.42. The lowest BCUT2D eigenvalue weighted by molar-refractivity contribution is 0.514. The average Bonchev–Trinajstić information content (AvgIpc) is 2.67. The van der Waals surface area contributed by atoms with E-state index in [-0.39, 0.29) is 0 Å². The molecule has 0 aliphatic heterocycles. The Hall–Kier alpha value is -2.45. The van der Waals surface area contributed by atoms with Gasteiger partial charge in [-0.25, -0.2) is 0 Å². The van der Waals surface area contributed by atoms with Gasteiger partial charge >= 0.3 is 0 Å². The molecule has 3 aromatic rings. The van der Waals surface area contributed by atoms with Gasteiger partial charge in [-0.2, -0.15) is 0 Å². The zero-order valence-electron chi connectivity index (χ0n) is 14.2. The van der Waals surface area contributed by atoms with Crippen LogP contribution in [0.2, 0.25) is 0 Å². The molecule has 0 fully saturated rings. The van der Waals surface area contributed by atoms with Gasteiger partial charge in [0, 0.05) is 25.0 Å². The van der Waals surface area contributed by atoms with E-state index in [0.29, 0.717) is 6.04 Å². The van der Waals surface area contributed by atoms with E-state index >= 15 is 0 Å². The molecule has 24 heavy (non-hydrogen) atoms. The lowest BCUT2D eigenvalue weighted by Crippen LogP contribution is -2.25. The third-order valence-corrected chi connectivity index (χ3v) is 4.33. The smallest absolute Gasteiger partial charge is 0.0273 e. The van der Waals surface area contributed by atoms with E-state index < -0.39 is 0 Å². The molecule has 1 atom stereocenters. The molecule has 0 amide bonds. The van der Waals surface area contributed by atoms with Crippen LogP contribution < -0.4 is 5.32 Å². The average molecular weight is 316 g/mol. The molecule has 0 spiro atoms. The molecule has 1 unspecified atom stereocenters. The van der Waals surface area contributed by atoms with Gasteiger partial charge in [0.1, 0.15) is 0 Å². The summed E-state index contributed by atoms with van der Waals surface area (Å²) in [4.78, 5) is 4.07. The Morgan fingerprint density at radius 1 is 0.792 bits per heavy atom. The summed E-state index contributed by atoms with van der Waals surface area (Å²) in [5.74, 6) is 0. The van der Waals surface area contributed by atoms with Gasteiger partial charge in [0.25, 0.3) is 0 Å². The van der Waals surface area contributed by atoms with Crippen molar-refractivity contribution in [2.24, 2.45) is 0 Å². The molecular weight excluding hydrogens is 292 g/mol. The van der Waals surface area contributed by atoms with Crippen molar-refractivity contribution >= 4 is 0 Å². The molecule has 3 rings (SSSR count). The molecule has 1 heterocycles. The van der Waals surface area contributed by atoms with Crippen molar-refractivity contribution in [2.75, 3.05) is 0 Å². The van der Waals surface area contributed by atoms with Gasteiger partial charge in [-0.05, 0) is 54.2 Å². The van der Waals surface area contributed by atoms with Crippen LogP contribution >= 0.6 is 0 Å². The van der Waals surface area contributed by atoms with Gasteiger partial charge in [-0.1, -0.05) is 54.6 Å². The monoisotopic (exact) mass is 316 g/mol. The highest BCUT2D eigenvalue weighted by Gasteiger charge is 2.03. The fourth-order valence-electron chi connectivity index (χ4n) is 2.78. The number of nitrogens with zero attached hydrogens (tertiary/aromatic N) is 1. The Morgan fingerprint density at radius 3 is 2.17 bits per heavy atom. The topological polar surface area (TPSA) is 24.9 Å². The first kappa shape index (κ1) is 16.4. The molecule has 0 aliphatic rings. The summed E-state index contributed by atoms with van der Waals surface area (Å²) < 4.78 is 0. The van der Waals surface area contributed by atoms with Gasteiger partial charge in [0.2, 0.25) is 0 Å². The van der Waals surface area contributed by atoms with Crippen LogP contribution in [-0.2, 0) is 13.0 Å². The molecule has 0 bridgehead atoms. The first-order valence-electron chi connectivity index (χ1n) is 8.58. The summed E-state index contributed by atoms with van der Waals surface area (Å²) in [5, 5.41) is 3.62. The van der Waals surface area contributed by atoms with E-state index in [1.807, 2.05) is 24.5 Å². The second-order valence-electron chi connectivity index (χ2n) is 6.24. The van der Waals surface area contributed by atoms with Crippen molar-refractivity contribution < 1.29 is 0 Å². The Bertz CT molecular complexity index is 721. The predicted octanol–water partition coefficient (Wildman–Crippen LogP) is 4.86. The number of rotatable bonds is 7. The maximum Gasteiger partial charge on any atom is 0.0273 e. The van der Waals surface area contributed by atoms with Crippen LogP contribution in [0.5, 0.6) is 0 Å². The summed E-state index contributed by atoms with van der Waals surface area (Å²) >= 11 is 0. The van der Waals surface area contributed by atoms with Crippen molar-refractivity contribution in [3.05, 3.63) is 90.3 Å². The van der Waals surface area contributed by atoms with Gasteiger partial charge in [-0.15, -0.1) is 0 Å². The Kier molecular flexibility index (Phi) is 5.75. The zero-order chi connectivity index (χ0) is 16.6. The minimum absolute atomic E-state index is 0.505. The van der Waals surface area contributed by atoms with Crippen molar-refractivity contribution in [3.63, 3.8) is 0 Å². The molecule has 0 saturated carbocycles. The van der Waals surface area contributed by atoms with Crippen molar-refractivity contribution in [3.8, 4) is 11.1 Å². The summed E-state index contributed by atoms with van der Waals surface area (Å²) in [6.45, 7) is 3.17. The van der Waals surface area contributed by atoms with Crippen LogP contribution in [0, 0.1) is 0 Å². The summed E-state index contributed by atoms with van der Waals surface area (Å²) in [6.07, 6.45) is 5.94. The molecule has 2 nitrogen and oxygen atoms in total. The number of nitrogens with one attached hydrogen (secondary N) is 1. The van der Waals surface area contributed by atoms with E-state index in [1.165, 1.54) is 22.3 Å². The van der Waals surface area contributed by atoms with Crippen LogP contribution in [-0.4, -0.2) is 11.0 Å². The van der Waals surface area contributed by atoms with Gasteiger partial charge in [0.15, 0.2) is 0 Å². The van der Waals surface area contributed by atoms with Gasteiger partial charge < -0.3 is 5.32 Å². The highest BCUT2D eigenvalue weighted by atomic mass is 14.9. The molecule has 0 radical (unpaired) electrons. The third kappa shape index (κ3) is 4.77. The maximum absolute atomic E-state index is 4.07. The van der Waals surface area contributed by atoms with Crippen molar-refractivity contribution in [1.29, 1.82) is 0 Å². The fraction of sp³-hybridized carbons (Fsp3) is 0.227. The molecule has 2 heteroatoms. The molecule has 2 aromatic carbocycles. The van der Waals surface area contributed by atoms with E-state index in [4.69, 9.17) is 0 Å². The van der Waals surface area contributed by atoms with E-state index in [9.17, 15) is 0 Å². The summed E-state index contributed by atoms with van der Waals surface area (Å²) in [6, 6.07) is 24.0. The lowest BCUT2D eigenvalue weighted by atomic mass is 10.0.